The summed E-state index contributed by atoms with van der Waals surface area (Å²) in [6.07, 6.45) is 1.52. The van der Waals surface area contributed by atoms with E-state index in [1.54, 1.807) is 6.07 Å². The van der Waals surface area contributed by atoms with Gasteiger partial charge >= 0.3 is 6.03 Å². The summed E-state index contributed by atoms with van der Waals surface area (Å²) in [5.74, 6) is -0.229. The Morgan fingerprint density at radius 2 is 1.59 bits per heavy atom. The molecule has 0 aliphatic rings. The highest BCUT2D eigenvalue weighted by molar-refractivity contribution is 6.00. The van der Waals surface area contributed by atoms with E-state index in [4.69, 9.17) is 0 Å². The number of anilines is 2. The lowest BCUT2D eigenvalue weighted by Crippen LogP contribution is -2.23. The van der Waals surface area contributed by atoms with Crippen molar-refractivity contribution in [3.63, 3.8) is 0 Å². The summed E-state index contributed by atoms with van der Waals surface area (Å²) in [5.41, 5.74) is 5.32. The summed E-state index contributed by atoms with van der Waals surface area (Å²) >= 11 is 0. The molecule has 3 amide bonds. The van der Waals surface area contributed by atoms with Gasteiger partial charge in [-0.25, -0.2) is 4.79 Å². The number of H-pyrrole nitrogens is 1. The molecule has 4 aromatic rings. The highest BCUT2D eigenvalue weighted by Crippen LogP contribution is 2.20. The lowest BCUT2D eigenvalue weighted by molar-refractivity contribution is 0.0951. The van der Waals surface area contributed by atoms with Crippen LogP contribution in [0.4, 0.5) is 16.2 Å². The predicted molar refractivity (Wildman–Crippen MR) is 125 cm³/mol. The van der Waals surface area contributed by atoms with Gasteiger partial charge in [0, 0.05) is 23.5 Å². The highest BCUT2D eigenvalue weighted by Gasteiger charge is 2.15. The van der Waals surface area contributed by atoms with Gasteiger partial charge in [-0.2, -0.15) is 5.10 Å². The minimum absolute atomic E-state index is 0.229. The lowest BCUT2D eigenvalue weighted by Gasteiger charge is -2.10. The van der Waals surface area contributed by atoms with Crippen molar-refractivity contribution in [3.05, 3.63) is 102 Å². The number of nitrogens with one attached hydrogen (secondary N) is 4. The van der Waals surface area contributed by atoms with Gasteiger partial charge in [0.15, 0.2) is 0 Å². The molecule has 1 heterocycles. The number of aryl methyl sites for hydroxylation is 1. The zero-order valence-electron chi connectivity index (χ0n) is 17.6. The monoisotopic (exact) mass is 425 g/mol. The average molecular weight is 425 g/mol. The van der Waals surface area contributed by atoms with Crippen LogP contribution in [0.5, 0.6) is 0 Å². The summed E-state index contributed by atoms with van der Waals surface area (Å²) in [6.45, 7) is 2.28. The van der Waals surface area contributed by atoms with E-state index in [0.717, 1.165) is 22.4 Å². The number of hydrogen-bond acceptors (Lipinski definition) is 3. The lowest BCUT2D eigenvalue weighted by atomic mass is 10.1. The molecule has 0 saturated heterocycles. The fourth-order valence-electron chi connectivity index (χ4n) is 3.34. The first-order valence-electron chi connectivity index (χ1n) is 10.2. The van der Waals surface area contributed by atoms with Crippen molar-refractivity contribution in [1.29, 1.82) is 0 Å². The van der Waals surface area contributed by atoms with Crippen molar-refractivity contribution in [2.45, 2.75) is 13.5 Å². The number of carbonyl (C=O) groups excluding carboxylic acids is 2. The maximum absolute atomic E-state index is 12.7. The molecule has 0 spiro atoms. The van der Waals surface area contributed by atoms with Crippen LogP contribution >= 0.6 is 0 Å². The molecule has 0 bridgehead atoms. The molecular weight excluding hydrogens is 402 g/mol. The minimum Gasteiger partial charge on any atom is -0.348 e. The molecule has 0 radical (unpaired) electrons. The van der Waals surface area contributed by atoms with E-state index in [2.05, 4.69) is 26.1 Å². The third-order valence-corrected chi connectivity index (χ3v) is 4.86. The van der Waals surface area contributed by atoms with Gasteiger partial charge in [-0.1, -0.05) is 54.6 Å². The third-order valence-electron chi connectivity index (χ3n) is 4.86. The minimum atomic E-state index is -0.331. The number of aromatic amines is 1. The molecule has 0 aliphatic carbocycles. The molecule has 0 saturated carbocycles. The number of hydrogen-bond donors (Lipinski definition) is 4. The molecule has 7 nitrogen and oxygen atoms in total. The van der Waals surface area contributed by atoms with Crippen molar-refractivity contribution >= 4 is 23.3 Å². The molecule has 0 aliphatic heterocycles. The van der Waals surface area contributed by atoms with Gasteiger partial charge in [0.1, 0.15) is 0 Å². The first-order chi connectivity index (χ1) is 15.6. The molecule has 0 unspecified atom stereocenters. The topological polar surface area (TPSA) is 98.9 Å². The highest BCUT2D eigenvalue weighted by atomic mass is 16.2. The molecular formula is C25H23N5O2. The van der Waals surface area contributed by atoms with Crippen LogP contribution in [0.25, 0.3) is 11.3 Å². The van der Waals surface area contributed by atoms with Gasteiger partial charge in [0.05, 0.1) is 17.5 Å². The van der Waals surface area contributed by atoms with Crippen molar-refractivity contribution in [2.75, 3.05) is 10.6 Å². The second-order valence-corrected chi connectivity index (χ2v) is 7.36. The zero-order valence-corrected chi connectivity index (χ0v) is 17.6. The fourth-order valence-corrected chi connectivity index (χ4v) is 3.34. The Kier molecular flexibility index (Phi) is 6.27. The van der Waals surface area contributed by atoms with E-state index in [1.165, 1.54) is 6.20 Å². The summed E-state index contributed by atoms with van der Waals surface area (Å²) in [6, 6.07) is 24.2. The van der Waals surface area contributed by atoms with Gasteiger partial charge in [0.25, 0.3) is 5.91 Å². The molecule has 32 heavy (non-hydrogen) atoms. The Hall–Kier alpha value is -4.39. The number of nitrogens with zero attached hydrogens (tertiary/aromatic N) is 1. The first kappa shape index (κ1) is 20.9. The van der Waals surface area contributed by atoms with Gasteiger partial charge in [-0.05, 0) is 42.3 Å². The van der Waals surface area contributed by atoms with Crippen LogP contribution in [0.15, 0.2) is 85.1 Å². The Morgan fingerprint density at radius 1 is 0.875 bits per heavy atom. The summed E-state index contributed by atoms with van der Waals surface area (Å²) in [4.78, 5) is 25.0. The number of aromatic nitrogens is 2. The maximum atomic E-state index is 12.7. The zero-order chi connectivity index (χ0) is 22.3. The van der Waals surface area contributed by atoms with Crippen molar-refractivity contribution in [2.24, 2.45) is 0 Å². The Morgan fingerprint density at radius 3 is 2.34 bits per heavy atom. The predicted octanol–water partition coefficient (Wildman–Crippen LogP) is 4.96. The van der Waals surface area contributed by atoms with Gasteiger partial charge in [0.2, 0.25) is 0 Å². The van der Waals surface area contributed by atoms with Crippen LogP contribution in [-0.2, 0) is 6.54 Å². The molecule has 7 heteroatoms. The average Bonchev–Trinajstić information content (AvgIpc) is 3.28. The molecule has 160 valence electrons. The summed E-state index contributed by atoms with van der Waals surface area (Å²) < 4.78 is 0. The number of rotatable bonds is 6. The quantitative estimate of drug-likeness (QED) is 0.351. The largest absolute Gasteiger partial charge is 0.348 e. The molecule has 4 N–H and O–H groups in total. The van der Waals surface area contributed by atoms with E-state index >= 15 is 0 Å². The van der Waals surface area contributed by atoms with Crippen LogP contribution in [0.2, 0.25) is 0 Å². The SMILES string of the molecule is Cc1cccc(NC(=O)Nc2cccc(CNC(=O)c3cn[nH]c3-c3ccccc3)c2)c1. The van der Waals surface area contributed by atoms with Gasteiger partial charge in [-0.3, -0.25) is 9.89 Å². The second-order valence-electron chi connectivity index (χ2n) is 7.36. The van der Waals surface area contributed by atoms with E-state index < -0.39 is 0 Å². The normalized spacial score (nSPS) is 10.4. The van der Waals surface area contributed by atoms with Crippen LogP contribution in [0.3, 0.4) is 0 Å². The molecule has 0 atom stereocenters. The summed E-state index contributed by atoms with van der Waals surface area (Å²) in [5, 5.41) is 15.5. The van der Waals surface area contributed by atoms with Gasteiger partial charge < -0.3 is 16.0 Å². The van der Waals surface area contributed by atoms with Crippen LogP contribution in [-0.4, -0.2) is 22.1 Å². The second kappa shape index (κ2) is 9.61. The van der Waals surface area contributed by atoms with Gasteiger partial charge in [-0.15, -0.1) is 0 Å². The van der Waals surface area contributed by atoms with Crippen LogP contribution < -0.4 is 16.0 Å². The third kappa shape index (κ3) is 5.20. The Balaban J connectivity index is 1.37. The number of benzene rings is 3. The molecule has 1 aromatic heterocycles. The van der Waals surface area contributed by atoms with Crippen molar-refractivity contribution in [1.82, 2.24) is 15.5 Å². The van der Waals surface area contributed by atoms with Crippen molar-refractivity contribution < 1.29 is 9.59 Å². The Bertz CT molecular complexity index is 1230. The standard InChI is InChI=1S/C25H23N5O2/c1-17-7-5-11-20(13-17)28-25(32)29-21-12-6-8-18(14-21)15-26-24(31)22-16-27-30-23(22)19-9-3-2-4-10-19/h2-14,16H,15H2,1H3,(H,26,31)(H,27,30)(H2,28,29,32). The molecule has 3 aromatic carbocycles. The van der Waals surface area contributed by atoms with E-state index in [0.29, 0.717) is 23.5 Å². The Labute approximate surface area is 185 Å². The number of amides is 3. The fraction of sp³-hybridized carbons (Fsp3) is 0.0800. The summed E-state index contributed by atoms with van der Waals surface area (Å²) in [7, 11) is 0. The van der Waals surface area contributed by atoms with E-state index in [-0.39, 0.29) is 11.9 Å². The number of carbonyl (C=O) groups is 2. The van der Waals surface area contributed by atoms with E-state index in [1.807, 2.05) is 79.7 Å². The molecule has 4 rings (SSSR count). The van der Waals surface area contributed by atoms with Crippen molar-refractivity contribution in [3.8, 4) is 11.3 Å². The number of urea groups is 1. The first-order valence-corrected chi connectivity index (χ1v) is 10.2. The molecule has 0 fully saturated rings. The van der Waals surface area contributed by atoms with E-state index in [9.17, 15) is 9.59 Å². The van der Waals surface area contributed by atoms with Crippen LogP contribution in [0.1, 0.15) is 21.5 Å². The van der Waals surface area contributed by atoms with Crippen LogP contribution in [0, 0.1) is 6.92 Å². The smallest absolute Gasteiger partial charge is 0.323 e. The maximum Gasteiger partial charge on any atom is 0.323 e.